The number of nitrogens with one attached hydrogen (secondary N) is 1. The van der Waals surface area contributed by atoms with E-state index in [1.165, 1.54) is 18.1 Å². The Balaban J connectivity index is 1.70. The van der Waals surface area contributed by atoms with Crippen LogP contribution in [0.4, 0.5) is 10.5 Å². The highest BCUT2D eigenvalue weighted by Gasteiger charge is 2.26. The predicted octanol–water partition coefficient (Wildman–Crippen LogP) is 3.85. The van der Waals surface area contributed by atoms with Crippen LogP contribution in [0.1, 0.15) is 15.9 Å². The van der Waals surface area contributed by atoms with E-state index >= 15 is 0 Å². The van der Waals surface area contributed by atoms with Gasteiger partial charge in [-0.15, -0.1) is 5.10 Å². The van der Waals surface area contributed by atoms with E-state index in [4.69, 9.17) is 9.72 Å². The first kappa shape index (κ1) is 22.7. The zero-order valence-corrected chi connectivity index (χ0v) is 19.3. The molecule has 3 aromatic carbocycles. The average Bonchev–Trinajstić information content (AvgIpc) is 3.45. The quantitative estimate of drug-likeness (QED) is 0.381. The number of fused-ring (bicyclic) bond motifs is 1. The van der Waals surface area contributed by atoms with Gasteiger partial charge in [0.15, 0.2) is 0 Å². The number of carbonyl (C=O) groups is 2. The zero-order valence-electron chi connectivity index (χ0n) is 19.3. The predicted molar refractivity (Wildman–Crippen MR) is 133 cm³/mol. The molecule has 0 saturated carbocycles. The fraction of sp³-hybridized carbons (Fsp3) is 0.0769. The van der Waals surface area contributed by atoms with Gasteiger partial charge in [-0.25, -0.2) is 14.5 Å². The minimum absolute atomic E-state index is 0.182. The third-order valence-electron chi connectivity index (χ3n) is 5.56. The first-order valence-electron chi connectivity index (χ1n) is 11.1. The molecule has 0 unspecified atom stereocenters. The number of aromatic nitrogens is 5. The molecule has 0 aliphatic rings. The van der Waals surface area contributed by atoms with E-state index in [2.05, 4.69) is 21.0 Å². The number of para-hydroxylation sites is 2. The van der Waals surface area contributed by atoms with Crippen molar-refractivity contribution >= 4 is 28.6 Å². The van der Waals surface area contributed by atoms with Crippen LogP contribution in [0.25, 0.3) is 22.2 Å². The highest BCUT2D eigenvalue weighted by molar-refractivity contribution is 6.10. The summed E-state index contributed by atoms with van der Waals surface area (Å²) in [7, 11) is 1.25. The summed E-state index contributed by atoms with van der Waals surface area (Å²) in [4.78, 5) is 31.5. The summed E-state index contributed by atoms with van der Waals surface area (Å²) in [5, 5.41) is 13.1. The molecule has 0 spiro atoms. The fourth-order valence-electron chi connectivity index (χ4n) is 3.96. The number of tetrazole rings is 1. The van der Waals surface area contributed by atoms with Crippen molar-refractivity contribution < 1.29 is 14.3 Å². The molecule has 0 aliphatic carbocycles. The number of hydrogen-bond donors (Lipinski definition) is 1. The van der Waals surface area contributed by atoms with Crippen molar-refractivity contribution in [3.05, 3.63) is 102 Å². The van der Waals surface area contributed by atoms with Crippen LogP contribution in [0, 0.1) is 0 Å². The summed E-state index contributed by atoms with van der Waals surface area (Å²) in [5.74, 6) is -0.511. The van der Waals surface area contributed by atoms with Crippen molar-refractivity contribution in [2.24, 2.45) is 0 Å². The van der Waals surface area contributed by atoms with Gasteiger partial charge in [0.05, 0.1) is 36.1 Å². The second kappa shape index (κ2) is 10.0. The van der Waals surface area contributed by atoms with Gasteiger partial charge in [0, 0.05) is 16.5 Å². The molecule has 2 aromatic heterocycles. The van der Waals surface area contributed by atoms with Gasteiger partial charge in [-0.2, -0.15) is 5.01 Å². The van der Waals surface area contributed by atoms with Crippen LogP contribution in [0.5, 0.6) is 0 Å². The maximum absolute atomic E-state index is 13.9. The monoisotopic (exact) mass is 479 g/mol. The Morgan fingerprint density at radius 2 is 1.64 bits per heavy atom. The number of pyridine rings is 1. The first-order chi connectivity index (χ1) is 17.7. The van der Waals surface area contributed by atoms with E-state index in [1.807, 2.05) is 60.7 Å². The molecular weight excluding hydrogens is 458 g/mol. The van der Waals surface area contributed by atoms with Crippen LogP contribution in [-0.4, -0.2) is 44.3 Å². The van der Waals surface area contributed by atoms with Crippen molar-refractivity contribution in [3.63, 3.8) is 0 Å². The standard InChI is InChI=1S/C26H21N7O3/c1-36-26(35)33(19-12-6-3-7-13-19)29-25(34)23-20-14-8-9-15-22(20)28-24(18-10-4-2-5-11-18)21(23)16-32-17-27-30-31-32/h2-15,17H,16H2,1H3,(H,29,34). The smallest absolute Gasteiger partial charge is 0.433 e. The first-order valence-corrected chi connectivity index (χ1v) is 11.1. The molecule has 0 saturated heterocycles. The Morgan fingerprint density at radius 1 is 0.944 bits per heavy atom. The molecule has 0 bridgehead atoms. The van der Waals surface area contributed by atoms with E-state index in [0.717, 1.165) is 10.6 Å². The molecule has 5 rings (SSSR count). The maximum Gasteiger partial charge on any atom is 0.433 e. The number of anilines is 1. The maximum atomic E-state index is 13.9. The molecule has 2 amide bonds. The average molecular weight is 480 g/mol. The lowest BCUT2D eigenvalue weighted by Gasteiger charge is -2.23. The van der Waals surface area contributed by atoms with Crippen LogP contribution in [0.3, 0.4) is 0 Å². The molecule has 10 nitrogen and oxygen atoms in total. The van der Waals surface area contributed by atoms with Crippen LogP contribution in [0.2, 0.25) is 0 Å². The van der Waals surface area contributed by atoms with Gasteiger partial charge < -0.3 is 4.74 Å². The lowest BCUT2D eigenvalue weighted by molar-refractivity contribution is 0.0941. The molecule has 2 heterocycles. The van der Waals surface area contributed by atoms with Gasteiger partial charge in [0.25, 0.3) is 5.91 Å². The zero-order chi connectivity index (χ0) is 24.9. The third-order valence-corrected chi connectivity index (χ3v) is 5.56. The van der Waals surface area contributed by atoms with E-state index in [1.54, 1.807) is 24.3 Å². The van der Waals surface area contributed by atoms with E-state index < -0.39 is 12.0 Å². The van der Waals surface area contributed by atoms with Crippen molar-refractivity contribution in [2.45, 2.75) is 6.54 Å². The van der Waals surface area contributed by atoms with Gasteiger partial charge in [-0.3, -0.25) is 10.2 Å². The summed E-state index contributed by atoms with van der Waals surface area (Å²) >= 11 is 0. The number of hydrazine groups is 1. The Kier molecular flexibility index (Phi) is 6.31. The molecular formula is C26H21N7O3. The number of nitrogens with zero attached hydrogens (tertiary/aromatic N) is 6. The fourth-order valence-corrected chi connectivity index (χ4v) is 3.96. The Hall–Kier alpha value is -5.12. The molecule has 36 heavy (non-hydrogen) atoms. The number of methoxy groups -OCH3 is 1. The lowest BCUT2D eigenvalue weighted by Crippen LogP contribution is -2.47. The van der Waals surface area contributed by atoms with Gasteiger partial charge >= 0.3 is 6.09 Å². The number of ether oxygens (including phenoxy) is 1. The summed E-state index contributed by atoms with van der Waals surface area (Å²) < 4.78 is 6.45. The van der Waals surface area contributed by atoms with E-state index in [9.17, 15) is 9.59 Å². The Morgan fingerprint density at radius 3 is 2.33 bits per heavy atom. The van der Waals surface area contributed by atoms with E-state index in [0.29, 0.717) is 33.4 Å². The highest BCUT2D eigenvalue weighted by Crippen LogP contribution is 2.31. The number of carbonyl (C=O) groups excluding carboxylic acids is 2. The second-order valence-electron chi connectivity index (χ2n) is 7.79. The van der Waals surface area contributed by atoms with Crippen LogP contribution in [-0.2, 0) is 11.3 Å². The normalized spacial score (nSPS) is 10.7. The van der Waals surface area contributed by atoms with Gasteiger partial charge in [0.2, 0.25) is 0 Å². The summed E-state index contributed by atoms with van der Waals surface area (Å²) in [5.41, 5.74) is 6.18. The molecule has 0 fully saturated rings. The van der Waals surface area contributed by atoms with E-state index in [-0.39, 0.29) is 6.54 Å². The molecule has 0 radical (unpaired) electrons. The molecule has 1 N–H and O–H groups in total. The topological polar surface area (TPSA) is 115 Å². The van der Waals surface area contributed by atoms with Gasteiger partial charge in [-0.05, 0) is 28.6 Å². The molecule has 5 aromatic rings. The van der Waals surface area contributed by atoms with Gasteiger partial charge in [0.1, 0.15) is 6.33 Å². The third kappa shape index (κ3) is 4.47. The molecule has 0 atom stereocenters. The SMILES string of the molecule is COC(=O)N(NC(=O)c1c(Cn2cnnn2)c(-c2ccccc2)nc2ccccc12)c1ccccc1. The number of hydrogen-bond acceptors (Lipinski definition) is 7. The number of benzene rings is 3. The number of amides is 2. The summed E-state index contributed by atoms with van der Waals surface area (Å²) in [6.45, 7) is 0.182. The summed E-state index contributed by atoms with van der Waals surface area (Å²) in [6.07, 6.45) is 0.731. The highest BCUT2D eigenvalue weighted by atomic mass is 16.5. The Labute approximate surface area is 206 Å². The molecule has 178 valence electrons. The molecule has 0 aliphatic heterocycles. The number of rotatable bonds is 5. The van der Waals surface area contributed by atoms with Crippen LogP contribution >= 0.6 is 0 Å². The lowest BCUT2D eigenvalue weighted by atomic mass is 9.96. The minimum atomic E-state index is -0.738. The van der Waals surface area contributed by atoms with Crippen molar-refractivity contribution in [1.29, 1.82) is 0 Å². The van der Waals surface area contributed by atoms with Crippen LogP contribution < -0.4 is 10.4 Å². The van der Waals surface area contributed by atoms with Crippen molar-refractivity contribution in [3.8, 4) is 11.3 Å². The van der Waals surface area contributed by atoms with Gasteiger partial charge in [-0.1, -0.05) is 66.7 Å². The van der Waals surface area contributed by atoms with Crippen molar-refractivity contribution in [1.82, 2.24) is 30.6 Å². The Bertz CT molecular complexity index is 1510. The van der Waals surface area contributed by atoms with Crippen molar-refractivity contribution in [2.75, 3.05) is 12.1 Å². The summed E-state index contributed by atoms with van der Waals surface area (Å²) in [6, 6.07) is 25.6. The minimum Gasteiger partial charge on any atom is -0.451 e. The molecule has 10 heteroatoms. The van der Waals surface area contributed by atoms with Crippen LogP contribution in [0.15, 0.2) is 91.3 Å². The largest absolute Gasteiger partial charge is 0.451 e. The second-order valence-corrected chi connectivity index (χ2v) is 7.79.